The Kier molecular flexibility index (Phi) is 1.75. The van der Waals surface area contributed by atoms with Gasteiger partial charge in [-0.1, -0.05) is 6.42 Å². The Morgan fingerprint density at radius 1 is 1.50 bits per heavy atom. The Bertz CT molecular complexity index is 340. The molecule has 0 amide bonds. The van der Waals surface area contributed by atoms with Crippen molar-refractivity contribution in [1.29, 1.82) is 0 Å². The third-order valence-electron chi connectivity index (χ3n) is 4.03. The molecule has 1 N–H and O–H groups in total. The van der Waals surface area contributed by atoms with Crippen molar-refractivity contribution in [2.24, 2.45) is 5.92 Å². The summed E-state index contributed by atoms with van der Waals surface area (Å²) in [6.45, 7) is 3.40. The van der Waals surface area contributed by atoms with E-state index in [0.29, 0.717) is 0 Å². The van der Waals surface area contributed by atoms with Crippen molar-refractivity contribution in [3.8, 4) is 0 Å². The summed E-state index contributed by atoms with van der Waals surface area (Å²) in [5.74, 6) is 1.99. The molecule has 76 valence electrons. The third kappa shape index (κ3) is 1.01. The number of fused-ring (bicyclic) bond motifs is 1. The maximum atomic E-state index is 5.67. The summed E-state index contributed by atoms with van der Waals surface area (Å²) in [6.07, 6.45) is 7.05. The van der Waals surface area contributed by atoms with Crippen LogP contribution >= 0.6 is 0 Å². The van der Waals surface area contributed by atoms with Gasteiger partial charge in [0, 0.05) is 6.54 Å². The van der Waals surface area contributed by atoms with Crippen LogP contribution in [-0.4, -0.2) is 6.54 Å². The molecule has 0 bridgehead atoms. The van der Waals surface area contributed by atoms with Gasteiger partial charge in [0.1, 0.15) is 5.76 Å². The van der Waals surface area contributed by atoms with Gasteiger partial charge in [0.25, 0.3) is 0 Å². The van der Waals surface area contributed by atoms with E-state index in [-0.39, 0.29) is 5.54 Å². The highest BCUT2D eigenvalue weighted by atomic mass is 16.3. The normalized spacial score (nSPS) is 32.4. The molecule has 0 saturated heterocycles. The molecule has 0 radical (unpaired) electrons. The third-order valence-corrected chi connectivity index (χ3v) is 4.03. The fourth-order valence-corrected chi connectivity index (χ4v) is 2.84. The molecule has 1 fully saturated rings. The molecule has 1 aliphatic heterocycles. The van der Waals surface area contributed by atoms with Crippen LogP contribution in [0.4, 0.5) is 0 Å². The lowest BCUT2D eigenvalue weighted by Gasteiger charge is -2.44. The first-order valence-electron chi connectivity index (χ1n) is 5.62. The highest BCUT2D eigenvalue weighted by molar-refractivity contribution is 5.28. The van der Waals surface area contributed by atoms with E-state index in [4.69, 9.17) is 4.42 Å². The molecule has 2 aliphatic rings. The largest absolute Gasteiger partial charge is 0.467 e. The number of hydrogen-bond acceptors (Lipinski definition) is 2. The van der Waals surface area contributed by atoms with Crippen LogP contribution in [0, 0.1) is 5.92 Å². The van der Waals surface area contributed by atoms with Crippen molar-refractivity contribution in [3.05, 3.63) is 23.7 Å². The Morgan fingerprint density at radius 2 is 2.36 bits per heavy atom. The van der Waals surface area contributed by atoms with E-state index >= 15 is 0 Å². The lowest BCUT2D eigenvalue weighted by molar-refractivity contribution is 0.110. The summed E-state index contributed by atoms with van der Waals surface area (Å²) in [5, 5.41) is 3.65. The van der Waals surface area contributed by atoms with Crippen LogP contribution in [0.5, 0.6) is 0 Å². The van der Waals surface area contributed by atoms with Crippen LogP contribution in [0.25, 0.3) is 0 Å². The van der Waals surface area contributed by atoms with Gasteiger partial charge in [-0.3, -0.25) is 0 Å². The lowest BCUT2D eigenvalue weighted by Crippen LogP contribution is -2.51. The molecular formula is C12H17NO. The first-order chi connectivity index (χ1) is 6.81. The lowest BCUT2D eigenvalue weighted by atomic mass is 9.68. The fraction of sp³-hybridized carbons (Fsp3) is 0.667. The summed E-state index contributed by atoms with van der Waals surface area (Å²) >= 11 is 0. The van der Waals surface area contributed by atoms with Crippen LogP contribution in [0.15, 0.2) is 16.7 Å². The van der Waals surface area contributed by atoms with Crippen molar-refractivity contribution in [3.63, 3.8) is 0 Å². The second-order valence-electron chi connectivity index (χ2n) is 4.78. The van der Waals surface area contributed by atoms with Gasteiger partial charge < -0.3 is 9.73 Å². The van der Waals surface area contributed by atoms with Gasteiger partial charge in [-0.25, -0.2) is 0 Å². The summed E-state index contributed by atoms with van der Waals surface area (Å²) < 4.78 is 5.67. The zero-order valence-corrected chi connectivity index (χ0v) is 8.68. The van der Waals surface area contributed by atoms with Gasteiger partial charge in [-0.05, 0) is 43.7 Å². The second-order valence-corrected chi connectivity index (χ2v) is 4.78. The molecule has 14 heavy (non-hydrogen) atoms. The predicted octanol–water partition coefficient (Wildman–Crippen LogP) is 2.44. The molecule has 1 saturated carbocycles. The highest BCUT2D eigenvalue weighted by Crippen LogP contribution is 2.44. The van der Waals surface area contributed by atoms with Gasteiger partial charge in [-0.15, -0.1) is 0 Å². The molecule has 1 aromatic heterocycles. The molecule has 2 heterocycles. The minimum absolute atomic E-state index is 0.120. The monoisotopic (exact) mass is 191 g/mol. The minimum atomic E-state index is 0.120. The molecule has 3 rings (SSSR count). The SMILES string of the molecule is CC1(C2CCC2)NCCc2ccoc21. The number of nitrogens with one attached hydrogen (secondary N) is 1. The first-order valence-corrected chi connectivity index (χ1v) is 5.62. The molecule has 1 aromatic rings. The van der Waals surface area contributed by atoms with E-state index in [1.54, 1.807) is 0 Å². The molecular weight excluding hydrogens is 174 g/mol. The van der Waals surface area contributed by atoms with E-state index in [1.807, 2.05) is 6.26 Å². The molecule has 1 atom stereocenters. The summed E-state index contributed by atoms with van der Waals surface area (Å²) in [6, 6.07) is 2.13. The topological polar surface area (TPSA) is 25.2 Å². The van der Waals surface area contributed by atoms with E-state index in [2.05, 4.69) is 18.3 Å². The molecule has 1 aliphatic carbocycles. The summed E-state index contributed by atoms with van der Waals surface area (Å²) in [7, 11) is 0. The number of rotatable bonds is 1. The Morgan fingerprint density at radius 3 is 3.07 bits per heavy atom. The predicted molar refractivity (Wildman–Crippen MR) is 55.1 cm³/mol. The molecule has 0 aromatic carbocycles. The maximum absolute atomic E-state index is 5.67. The first kappa shape index (κ1) is 8.54. The van der Waals surface area contributed by atoms with Crippen LogP contribution in [0.1, 0.15) is 37.5 Å². The molecule has 0 spiro atoms. The van der Waals surface area contributed by atoms with Crippen LogP contribution < -0.4 is 5.32 Å². The van der Waals surface area contributed by atoms with Gasteiger partial charge in [0.2, 0.25) is 0 Å². The van der Waals surface area contributed by atoms with Crippen LogP contribution in [-0.2, 0) is 12.0 Å². The molecule has 2 heteroatoms. The highest BCUT2D eigenvalue weighted by Gasteiger charge is 2.44. The smallest absolute Gasteiger partial charge is 0.127 e. The van der Waals surface area contributed by atoms with Crippen LogP contribution in [0.2, 0.25) is 0 Å². The van der Waals surface area contributed by atoms with Crippen molar-refractivity contribution < 1.29 is 4.42 Å². The van der Waals surface area contributed by atoms with E-state index in [0.717, 1.165) is 18.9 Å². The average Bonchev–Trinajstić information content (AvgIpc) is 2.49. The van der Waals surface area contributed by atoms with Crippen molar-refractivity contribution in [1.82, 2.24) is 5.32 Å². The maximum Gasteiger partial charge on any atom is 0.127 e. The van der Waals surface area contributed by atoms with E-state index in [9.17, 15) is 0 Å². The summed E-state index contributed by atoms with van der Waals surface area (Å²) in [4.78, 5) is 0. The van der Waals surface area contributed by atoms with Crippen molar-refractivity contribution >= 4 is 0 Å². The number of hydrogen-bond donors (Lipinski definition) is 1. The van der Waals surface area contributed by atoms with Gasteiger partial charge in [0.15, 0.2) is 0 Å². The summed E-state index contributed by atoms with van der Waals surface area (Å²) in [5.41, 5.74) is 1.54. The number of furan rings is 1. The van der Waals surface area contributed by atoms with Crippen molar-refractivity contribution in [2.45, 2.75) is 38.1 Å². The quantitative estimate of drug-likeness (QED) is 0.737. The Balaban J connectivity index is 2.01. The van der Waals surface area contributed by atoms with E-state index in [1.165, 1.54) is 30.6 Å². The van der Waals surface area contributed by atoms with Crippen molar-refractivity contribution in [2.75, 3.05) is 6.54 Å². The van der Waals surface area contributed by atoms with E-state index < -0.39 is 0 Å². The molecule has 2 nitrogen and oxygen atoms in total. The van der Waals surface area contributed by atoms with Gasteiger partial charge in [-0.2, -0.15) is 0 Å². The Labute approximate surface area is 84.7 Å². The minimum Gasteiger partial charge on any atom is -0.467 e. The van der Waals surface area contributed by atoms with Gasteiger partial charge >= 0.3 is 0 Å². The second kappa shape index (κ2) is 2.86. The molecule has 1 unspecified atom stereocenters. The zero-order valence-electron chi connectivity index (χ0n) is 8.68. The fourth-order valence-electron chi connectivity index (χ4n) is 2.84. The van der Waals surface area contributed by atoms with Crippen LogP contribution in [0.3, 0.4) is 0 Å². The Hall–Kier alpha value is -0.760. The average molecular weight is 191 g/mol. The zero-order chi connectivity index (χ0) is 9.60. The van der Waals surface area contributed by atoms with Gasteiger partial charge in [0.05, 0.1) is 11.8 Å². The standard InChI is InChI=1S/C12H17NO/c1-12(10-3-2-4-10)11-9(5-7-13-12)6-8-14-11/h6,8,10,13H,2-5,7H2,1H3.